The predicted molar refractivity (Wildman–Crippen MR) is 113 cm³/mol. The van der Waals surface area contributed by atoms with Crippen molar-refractivity contribution in [1.29, 1.82) is 0 Å². The third kappa shape index (κ3) is 4.74. The first-order valence-corrected chi connectivity index (χ1v) is 9.99. The molecule has 30 heavy (non-hydrogen) atoms. The van der Waals surface area contributed by atoms with Crippen molar-refractivity contribution in [1.82, 2.24) is 5.32 Å². The lowest BCUT2D eigenvalue weighted by Gasteiger charge is -2.17. The Morgan fingerprint density at radius 1 is 1.10 bits per heavy atom. The van der Waals surface area contributed by atoms with Crippen molar-refractivity contribution in [2.75, 3.05) is 16.8 Å². The number of carbonyl (C=O) groups excluding carboxylic acids is 3. The molecule has 3 amide bonds. The number of halogens is 1. The molecule has 6 nitrogen and oxygen atoms in total. The number of amides is 3. The summed E-state index contributed by atoms with van der Waals surface area (Å²) >= 11 is 0. The van der Waals surface area contributed by atoms with E-state index >= 15 is 0 Å². The van der Waals surface area contributed by atoms with Crippen LogP contribution in [0.25, 0.3) is 6.08 Å². The highest BCUT2D eigenvalue weighted by molar-refractivity contribution is 6.02. The molecule has 0 radical (unpaired) electrons. The van der Waals surface area contributed by atoms with Gasteiger partial charge in [-0.15, -0.1) is 0 Å². The molecule has 1 saturated heterocycles. The maximum absolute atomic E-state index is 14.4. The topological polar surface area (TPSA) is 78.5 Å². The van der Waals surface area contributed by atoms with E-state index in [0.29, 0.717) is 36.7 Å². The van der Waals surface area contributed by atoms with E-state index in [0.717, 1.165) is 18.4 Å². The number of hydrogen-bond donors (Lipinski definition) is 2. The summed E-state index contributed by atoms with van der Waals surface area (Å²) in [6.45, 7) is 0.505. The van der Waals surface area contributed by atoms with Gasteiger partial charge in [-0.25, -0.2) is 4.39 Å². The van der Waals surface area contributed by atoms with Gasteiger partial charge in [-0.3, -0.25) is 14.4 Å². The monoisotopic (exact) mass is 407 g/mol. The first-order chi connectivity index (χ1) is 14.5. The molecule has 7 heteroatoms. The van der Waals surface area contributed by atoms with Crippen LogP contribution in [0.1, 0.15) is 41.6 Å². The van der Waals surface area contributed by atoms with Crippen LogP contribution in [0.2, 0.25) is 0 Å². The fourth-order valence-corrected chi connectivity index (χ4v) is 3.30. The van der Waals surface area contributed by atoms with Crippen LogP contribution >= 0.6 is 0 Å². The lowest BCUT2D eigenvalue weighted by atomic mass is 10.1. The first-order valence-electron chi connectivity index (χ1n) is 9.99. The van der Waals surface area contributed by atoms with Gasteiger partial charge in [-0.05, 0) is 61.2 Å². The van der Waals surface area contributed by atoms with Gasteiger partial charge < -0.3 is 15.5 Å². The summed E-state index contributed by atoms with van der Waals surface area (Å²) in [4.78, 5) is 37.3. The number of carbonyl (C=O) groups is 3. The Labute approximate surface area is 173 Å². The summed E-state index contributed by atoms with van der Waals surface area (Å²) in [7, 11) is 0. The van der Waals surface area contributed by atoms with Crippen LogP contribution in [0, 0.1) is 5.82 Å². The Kier molecular flexibility index (Phi) is 5.61. The SMILES string of the molecule is O=C(/C=C/c1ccc(C(=O)NC2CC2)cc1)Nc1ccc(N2CCCC2=O)c(F)c1. The van der Waals surface area contributed by atoms with Crippen molar-refractivity contribution in [3.63, 3.8) is 0 Å². The summed E-state index contributed by atoms with van der Waals surface area (Å²) in [5.74, 6) is -1.14. The Morgan fingerprint density at radius 3 is 2.50 bits per heavy atom. The molecule has 1 heterocycles. The molecule has 1 aliphatic heterocycles. The maximum Gasteiger partial charge on any atom is 0.251 e. The second-order valence-corrected chi connectivity index (χ2v) is 7.51. The van der Waals surface area contributed by atoms with Gasteiger partial charge in [-0.2, -0.15) is 0 Å². The van der Waals surface area contributed by atoms with Gasteiger partial charge in [0.2, 0.25) is 11.8 Å². The van der Waals surface area contributed by atoms with Crippen molar-refractivity contribution in [2.45, 2.75) is 31.7 Å². The van der Waals surface area contributed by atoms with Crippen LogP contribution in [0.3, 0.4) is 0 Å². The molecular formula is C23H22FN3O3. The van der Waals surface area contributed by atoms with Crippen LogP contribution in [0.4, 0.5) is 15.8 Å². The van der Waals surface area contributed by atoms with Gasteiger partial charge in [0.25, 0.3) is 5.91 Å². The van der Waals surface area contributed by atoms with Crippen LogP contribution in [0.5, 0.6) is 0 Å². The number of anilines is 2. The van der Waals surface area contributed by atoms with Crippen LogP contribution in [-0.4, -0.2) is 30.3 Å². The molecule has 0 aromatic heterocycles. The fourth-order valence-electron chi connectivity index (χ4n) is 3.30. The van der Waals surface area contributed by atoms with E-state index in [1.807, 2.05) is 0 Å². The minimum atomic E-state index is -0.549. The van der Waals surface area contributed by atoms with E-state index in [-0.39, 0.29) is 17.5 Å². The lowest BCUT2D eigenvalue weighted by molar-refractivity contribution is -0.117. The smallest absolute Gasteiger partial charge is 0.251 e. The van der Waals surface area contributed by atoms with Gasteiger partial charge in [0, 0.05) is 36.3 Å². The molecule has 2 aromatic carbocycles. The maximum atomic E-state index is 14.4. The van der Waals surface area contributed by atoms with E-state index < -0.39 is 11.7 Å². The van der Waals surface area contributed by atoms with Crippen molar-refractivity contribution in [3.8, 4) is 0 Å². The Balaban J connectivity index is 1.34. The highest BCUT2D eigenvalue weighted by Gasteiger charge is 2.24. The molecule has 0 bridgehead atoms. The second kappa shape index (κ2) is 8.49. The molecule has 154 valence electrons. The van der Waals surface area contributed by atoms with Crippen LogP contribution < -0.4 is 15.5 Å². The first kappa shape index (κ1) is 19.8. The highest BCUT2D eigenvalue weighted by Crippen LogP contribution is 2.27. The lowest BCUT2D eigenvalue weighted by Crippen LogP contribution is -2.25. The van der Waals surface area contributed by atoms with Crippen molar-refractivity contribution >= 4 is 35.2 Å². The zero-order valence-corrected chi connectivity index (χ0v) is 16.4. The van der Waals surface area contributed by atoms with E-state index in [1.165, 1.54) is 23.1 Å². The second-order valence-electron chi connectivity index (χ2n) is 7.51. The zero-order valence-electron chi connectivity index (χ0n) is 16.4. The molecule has 1 saturated carbocycles. The van der Waals surface area contributed by atoms with Gasteiger partial charge in [0.05, 0.1) is 5.69 Å². The van der Waals surface area contributed by atoms with Crippen LogP contribution in [0.15, 0.2) is 48.5 Å². The van der Waals surface area contributed by atoms with Gasteiger partial charge >= 0.3 is 0 Å². The van der Waals surface area contributed by atoms with Crippen molar-refractivity contribution in [2.24, 2.45) is 0 Å². The Morgan fingerprint density at radius 2 is 1.87 bits per heavy atom. The predicted octanol–water partition coefficient (Wildman–Crippen LogP) is 3.50. The molecular weight excluding hydrogens is 385 g/mol. The number of nitrogens with zero attached hydrogens (tertiary/aromatic N) is 1. The van der Waals surface area contributed by atoms with Crippen molar-refractivity contribution < 1.29 is 18.8 Å². The molecule has 2 aliphatic rings. The average molecular weight is 407 g/mol. The minimum Gasteiger partial charge on any atom is -0.349 e. The number of hydrogen-bond acceptors (Lipinski definition) is 3. The summed E-state index contributed by atoms with van der Waals surface area (Å²) in [6.07, 6.45) is 6.17. The summed E-state index contributed by atoms with van der Waals surface area (Å²) < 4.78 is 14.4. The largest absolute Gasteiger partial charge is 0.349 e. The van der Waals surface area contributed by atoms with Gasteiger partial charge in [0.15, 0.2) is 0 Å². The Hall–Kier alpha value is -3.48. The minimum absolute atomic E-state index is 0.0909. The number of nitrogens with one attached hydrogen (secondary N) is 2. The normalized spacial score (nSPS) is 16.2. The summed E-state index contributed by atoms with van der Waals surface area (Å²) in [5.41, 5.74) is 1.89. The molecule has 4 rings (SSSR count). The van der Waals surface area contributed by atoms with Crippen molar-refractivity contribution in [3.05, 3.63) is 65.5 Å². The summed E-state index contributed by atoms with van der Waals surface area (Å²) in [6, 6.07) is 11.5. The van der Waals surface area contributed by atoms with Crippen LogP contribution in [-0.2, 0) is 9.59 Å². The average Bonchev–Trinajstić information content (AvgIpc) is 3.45. The third-order valence-corrected chi connectivity index (χ3v) is 5.09. The third-order valence-electron chi connectivity index (χ3n) is 5.09. The molecule has 2 aromatic rings. The quantitative estimate of drug-likeness (QED) is 0.720. The van der Waals surface area contributed by atoms with Gasteiger partial charge in [0.1, 0.15) is 5.82 Å². The van der Waals surface area contributed by atoms with Gasteiger partial charge in [-0.1, -0.05) is 12.1 Å². The summed E-state index contributed by atoms with van der Waals surface area (Å²) in [5, 5.41) is 5.53. The Bertz CT molecular complexity index is 1010. The number of benzene rings is 2. The molecule has 2 fully saturated rings. The molecule has 0 spiro atoms. The van der Waals surface area contributed by atoms with E-state index in [9.17, 15) is 18.8 Å². The highest BCUT2D eigenvalue weighted by atomic mass is 19.1. The fraction of sp³-hybridized carbons (Fsp3) is 0.261. The molecule has 0 unspecified atom stereocenters. The molecule has 2 N–H and O–H groups in total. The zero-order chi connectivity index (χ0) is 21.1. The van der Waals surface area contributed by atoms with E-state index in [2.05, 4.69) is 10.6 Å². The van der Waals surface area contributed by atoms with E-state index in [4.69, 9.17) is 0 Å². The standard InChI is InChI=1S/C23H22FN3O3/c24-19-14-18(10-11-20(19)27-13-1-2-22(27)29)25-21(28)12-5-15-3-6-16(7-4-15)23(30)26-17-8-9-17/h3-7,10-12,14,17H,1-2,8-9,13H2,(H,25,28)(H,26,30)/b12-5+. The molecule has 0 atom stereocenters. The number of rotatable bonds is 6. The molecule has 1 aliphatic carbocycles. The van der Waals surface area contributed by atoms with E-state index in [1.54, 1.807) is 36.4 Å².